The van der Waals surface area contributed by atoms with Crippen molar-refractivity contribution >= 4 is 35.8 Å². The molecule has 1 heterocycles. The molecule has 7 nitrogen and oxygen atoms in total. The fourth-order valence-corrected chi connectivity index (χ4v) is 5.15. The molecule has 1 saturated carbocycles. The van der Waals surface area contributed by atoms with Gasteiger partial charge in [0.2, 0.25) is 5.91 Å². The summed E-state index contributed by atoms with van der Waals surface area (Å²) < 4.78 is 6.01. The SMILES string of the molecule is CCNC(=NCCCCN1CCC(C(N)=O)CC1)NC1CC(OCC)C1(CC)CC.I. The summed E-state index contributed by atoms with van der Waals surface area (Å²) >= 11 is 0. The minimum absolute atomic E-state index is 0. The molecule has 0 radical (unpaired) electrons. The van der Waals surface area contributed by atoms with Gasteiger partial charge < -0.3 is 26.0 Å². The van der Waals surface area contributed by atoms with Gasteiger partial charge in [0.15, 0.2) is 5.96 Å². The van der Waals surface area contributed by atoms with Crippen molar-refractivity contribution in [2.24, 2.45) is 22.1 Å². The van der Waals surface area contributed by atoms with E-state index in [-0.39, 0.29) is 41.2 Å². The number of carbonyl (C=O) groups excluding carboxylic acids is 1. The van der Waals surface area contributed by atoms with Gasteiger partial charge in [-0.1, -0.05) is 13.8 Å². The third-order valence-corrected chi connectivity index (χ3v) is 7.27. The van der Waals surface area contributed by atoms with Crippen LogP contribution in [0.15, 0.2) is 4.99 Å². The summed E-state index contributed by atoms with van der Waals surface area (Å²) in [6.45, 7) is 14.3. The van der Waals surface area contributed by atoms with Crippen LogP contribution in [0, 0.1) is 11.3 Å². The average Bonchev–Trinajstić information content (AvgIpc) is 2.74. The summed E-state index contributed by atoms with van der Waals surface area (Å²) in [7, 11) is 0. The van der Waals surface area contributed by atoms with Crippen LogP contribution in [0.25, 0.3) is 0 Å². The Bertz CT molecular complexity index is 548. The predicted octanol–water partition coefficient (Wildman–Crippen LogP) is 3.12. The maximum atomic E-state index is 11.3. The number of nitrogens with two attached hydrogens (primary N) is 1. The number of aliphatic imine (C=N–C) groups is 1. The average molecular weight is 552 g/mol. The van der Waals surface area contributed by atoms with E-state index in [2.05, 4.69) is 43.2 Å². The van der Waals surface area contributed by atoms with Crippen molar-refractivity contribution in [3.05, 3.63) is 0 Å². The Labute approximate surface area is 206 Å². The zero-order valence-corrected chi connectivity index (χ0v) is 22.5. The standard InChI is InChI=1S/C23H45N5O2.HI/c1-5-23(6-2)19(17-20(23)30-8-4)27-22(25-7-3)26-13-9-10-14-28-15-11-18(12-16-28)21(24)29;/h18-20H,5-17H2,1-4H3,(H2,24,29)(H2,25,26,27);1H. The number of ether oxygens (including phenoxy) is 1. The molecule has 1 aliphatic heterocycles. The van der Waals surface area contributed by atoms with Crippen LogP contribution in [-0.2, 0) is 9.53 Å². The van der Waals surface area contributed by atoms with E-state index in [0.29, 0.717) is 12.1 Å². The number of rotatable bonds is 12. The molecule has 31 heavy (non-hydrogen) atoms. The topological polar surface area (TPSA) is 92.0 Å². The molecule has 0 aromatic rings. The summed E-state index contributed by atoms with van der Waals surface area (Å²) in [6, 6.07) is 0.424. The molecular formula is C23H46IN5O2. The van der Waals surface area contributed by atoms with E-state index in [9.17, 15) is 4.79 Å². The molecule has 2 unspecified atom stereocenters. The van der Waals surface area contributed by atoms with Crippen LogP contribution in [0.3, 0.4) is 0 Å². The number of hydrogen-bond acceptors (Lipinski definition) is 4. The van der Waals surface area contributed by atoms with Crippen LogP contribution in [0.1, 0.15) is 72.6 Å². The normalized spacial score (nSPS) is 24.2. The number of amides is 1. The van der Waals surface area contributed by atoms with Crippen LogP contribution in [-0.4, -0.2) is 68.2 Å². The smallest absolute Gasteiger partial charge is 0.220 e. The molecule has 1 amide bonds. The second kappa shape index (κ2) is 14.5. The summed E-state index contributed by atoms with van der Waals surface area (Å²) in [6.07, 6.45) is 7.68. The number of piperidine rings is 1. The van der Waals surface area contributed by atoms with Crippen molar-refractivity contribution in [2.45, 2.75) is 84.8 Å². The van der Waals surface area contributed by atoms with Crippen LogP contribution in [0.2, 0.25) is 0 Å². The number of nitrogens with zero attached hydrogens (tertiary/aromatic N) is 2. The number of guanidine groups is 1. The van der Waals surface area contributed by atoms with Crippen LogP contribution in [0.4, 0.5) is 0 Å². The second-order valence-electron chi connectivity index (χ2n) is 8.80. The molecule has 0 spiro atoms. The lowest BCUT2D eigenvalue weighted by molar-refractivity contribution is -0.133. The van der Waals surface area contributed by atoms with Gasteiger partial charge in [0.05, 0.1) is 6.10 Å². The fraction of sp³-hybridized carbons (Fsp3) is 0.913. The van der Waals surface area contributed by atoms with E-state index in [0.717, 1.165) is 90.2 Å². The van der Waals surface area contributed by atoms with Crippen LogP contribution >= 0.6 is 24.0 Å². The van der Waals surface area contributed by atoms with Gasteiger partial charge in [-0.05, 0) is 78.4 Å². The number of hydrogen-bond donors (Lipinski definition) is 3. The lowest BCUT2D eigenvalue weighted by atomic mass is 9.58. The Kier molecular flexibility index (Phi) is 13.3. The number of carbonyl (C=O) groups is 1. The molecule has 1 saturated heterocycles. The van der Waals surface area contributed by atoms with Gasteiger partial charge in [0, 0.05) is 37.1 Å². The van der Waals surface area contributed by atoms with Gasteiger partial charge in [-0.25, -0.2) is 0 Å². The van der Waals surface area contributed by atoms with E-state index in [1.807, 2.05) is 0 Å². The number of unbranched alkanes of at least 4 members (excludes halogenated alkanes) is 1. The van der Waals surface area contributed by atoms with E-state index in [1.165, 1.54) is 0 Å². The molecule has 0 aromatic carbocycles. The summed E-state index contributed by atoms with van der Waals surface area (Å²) in [5, 5.41) is 7.11. The zero-order valence-electron chi connectivity index (χ0n) is 20.1. The lowest BCUT2D eigenvalue weighted by Crippen LogP contribution is -2.65. The van der Waals surface area contributed by atoms with Crippen molar-refractivity contribution < 1.29 is 9.53 Å². The zero-order chi connectivity index (χ0) is 22.0. The summed E-state index contributed by atoms with van der Waals surface area (Å²) in [4.78, 5) is 18.6. The molecule has 182 valence electrons. The number of nitrogens with one attached hydrogen (secondary N) is 2. The fourth-order valence-electron chi connectivity index (χ4n) is 5.15. The highest BCUT2D eigenvalue weighted by Gasteiger charge is 2.53. The first-order valence-electron chi connectivity index (χ1n) is 12.2. The molecular weight excluding hydrogens is 505 g/mol. The molecule has 2 rings (SSSR count). The summed E-state index contributed by atoms with van der Waals surface area (Å²) in [5.41, 5.74) is 5.63. The van der Waals surface area contributed by atoms with E-state index < -0.39 is 0 Å². The van der Waals surface area contributed by atoms with E-state index in [4.69, 9.17) is 15.5 Å². The van der Waals surface area contributed by atoms with Gasteiger partial charge in [0.1, 0.15) is 0 Å². The minimum atomic E-state index is -0.137. The third-order valence-electron chi connectivity index (χ3n) is 7.27. The van der Waals surface area contributed by atoms with Gasteiger partial charge in [-0.15, -0.1) is 24.0 Å². The van der Waals surface area contributed by atoms with Gasteiger partial charge in [-0.2, -0.15) is 0 Å². The van der Waals surface area contributed by atoms with Crippen molar-refractivity contribution in [2.75, 3.05) is 39.3 Å². The highest BCUT2D eigenvalue weighted by Crippen LogP contribution is 2.48. The van der Waals surface area contributed by atoms with Crippen molar-refractivity contribution in [1.82, 2.24) is 15.5 Å². The monoisotopic (exact) mass is 551 g/mol. The van der Waals surface area contributed by atoms with Gasteiger partial charge in [-0.3, -0.25) is 9.79 Å². The molecule has 2 aliphatic rings. The van der Waals surface area contributed by atoms with E-state index in [1.54, 1.807) is 0 Å². The molecule has 2 fully saturated rings. The Morgan fingerprint density at radius 2 is 1.84 bits per heavy atom. The summed E-state index contributed by atoms with van der Waals surface area (Å²) in [5.74, 6) is 0.874. The van der Waals surface area contributed by atoms with Crippen LogP contribution < -0.4 is 16.4 Å². The third kappa shape index (κ3) is 7.74. The largest absolute Gasteiger partial charge is 0.378 e. The first kappa shape index (κ1) is 28.4. The van der Waals surface area contributed by atoms with E-state index >= 15 is 0 Å². The number of primary amides is 1. The molecule has 8 heteroatoms. The van der Waals surface area contributed by atoms with Gasteiger partial charge in [0.25, 0.3) is 0 Å². The van der Waals surface area contributed by atoms with Gasteiger partial charge >= 0.3 is 0 Å². The predicted molar refractivity (Wildman–Crippen MR) is 139 cm³/mol. The van der Waals surface area contributed by atoms with Crippen molar-refractivity contribution in [3.8, 4) is 0 Å². The molecule has 4 N–H and O–H groups in total. The van der Waals surface area contributed by atoms with Crippen molar-refractivity contribution in [3.63, 3.8) is 0 Å². The maximum absolute atomic E-state index is 11.3. The molecule has 2 atom stereocenters. The highest BCUT2D eigenvalue weighted by atomic mass is 127. The first-order valence-corrected chi connectivity index (χ1v) is 12.2. The minimum Gasteiger partial charge on any atom is -0.378 e. The number of likely N-dealkylation sites (tertiary alicyclic amines) is 1. The Hall–Kier alpha value is -0.610. The first-order chi connectivity index (χ1) is 14.5. The second-order valence-corrected chi connectivity index (χ2v) is 8.80. The number of halogens is 1. The maximum Gasteiger partial charge on any atom is 0.220 e. The molecule has 0 aromatic heterocycles. The Morgan fingerprint density at radius 3 is 2.39 bits per heavy atom. The van der Waals surface area contributed by atoms with Crippen LogP contribution in [0.5, 0.6) is 0 Å². The highest BCUT2D eigenvalue weighted by molar-refractivity contribution is 14.0. The quantitative estimate of drug-likeness (QED) is 0.150. The molecule has 1 aliphatic carbocycles. The Balaban J connectivity index is 0.00000480. The molecule has 0 bridgehead atoms. The Morgan fingerprint density at radius 1 is 1.16 bits per heavy atom. The van der Waals surface area contributed by atoms with Crippen molar-refractivity contribution in [1.29, 1.82) is 0 Å². The lowest BCUT2D eigenvalue weighted by Gasteiger charge is -2.55.